The van der Waals surface area contributed by atoms with Crippen molar-refractivity contribution >= 4 is 23.3 Å². The highest BCUT2D eigenvalue weighted by Crippen LogP contribution is 2.47. The number of ether oxygens (including phenoxy) is 1. The van der Waals surface area contributed by atoms with Crippen LogP contribution in [0, 0.1) is 5.92 Å². The number of carbonyl (C=O) groups is 1. The summed E-state index contributed by atoms with van der Waals surface area (Å²) in [7, 11) is 0. The van der Waals surface area contributed by atoms with Crippen molar-refractivity contribution in [3.63, 3.8) is 0 Å². The Morgan fingerprint density at radius 1 is 1.13 bits per heavy atom. The molecular formula is C27H33NO2S. The van der Waals surface area contributed by atoms with Crippen LogP contribution in [0.3, 0.4) is 0 Å². The summed E-state index contributed by atoms with van der Waals surface area (Å²) in [5.41, 5.74) is 2.93. The summed E-state index contributed by atoms with van der Waals surface area (Å²) in [6, 6.07) is 18.9. The van der Waals surface area contributed by atoms with Crippen molar-refractivity contribution in [2.24, 2.45) is 5.92 Å². The van der Waals surface area contributed by atoms with Gasteiger partial charge in [0.05, 0.1) is 5.92 Å². The van der Waals surface area contributed by atoms with Crippen molar-refractivity contribution in [3.05, 3.63) is 76.2 Å². The van der Waals surface area contributed by atoms with Gasteiger partial charge in [-0.2, -0.15) is 0 Å². The Hall–Kier alpha value is -2.04. The smallest absolute Gasteiger partial charge is 0.171 e. The average Bonchev–Trinajstić information content (AvgIpc) is 3.01. The second-order valence-electron chi connectivity index (χ2n) is 8.75. The number of carbonyl (C=O) groups excluding carboxylic acids is 1. The van der Waals surface area contributed by atoms with Gasteiger partial charge in [0.15, 0.2) is 5.78 Å². The van der Waals surface area contributed by atoms with E-state index in [1.807, 2.05) is 43.0 Å². The molecule has 2 aliphatic rings. The van der Waals surface area contributed by atoms with E-state index < -0.39 is 0 Å². The van der Waals surface area contributed by atoms with Crippen LogP contribution in [0.5, 0.6) is 0 Å². The summed E-state index contributed by atoms with van der Waals surface area (Å²) in [5.74, 6) is 2.06. The number of thioether (sulfide) groups is 1. The van der Waals surface area contributed by atoms with E-state index >= 15 is 0 Å². The predicted octanol–water partition coefficient (Wildman–Crippen LogP) is 6.62. The fourth-order valence-electron chi connectivity index (χ4n) is 4.68. The molecule has 0 fully saturated rings. The van der Waals surface area contributed by atoms with Crippen LogP contribution in [-0.2, 0) is 4.74 Å². The lowest BCUT2D eigenvalue weighted by Gasteiger charge is -2.35. The van der Waals surface area contributed by atoms with E-state index in [0.29, 0.717) is 6.04 Å². The third-order valence-electron chi connectivity index (χ3n) is 6.78. The minimum absolute atomic E-state index is 0.115. The lowest BCUT2D eigenvalue weighted by molar-refractivity contribution is 0.0219. The average molecular weight is 436 g/mol. The van der Waals surface area contributed by atoms with Crippen LogP contribution in [0.25, 0.3) is 5.76 Å². The number of ketones is 1. The number of fused-ring (bicyclic) bond motifs is 2. The highest BCUT2D eigenvalue weighted by molar-refractivity contribution is 8.03. The number of allylic oxidation sites excluding steroid dienone is 1. The second kappa shape index (κ2) is 9.62. The fraction of sp³-hybridized carbons (Fsp3) is 0.444. The lowest BCUT2D eigenvalue weighted by Crippen LogP contribution is -2.34. The maximum atomic E-state index is 12.9. The third kappa shape index (κ3) is 4.61. The molecule has 0 aromatic heterocycles. The van der Waals surface area contributed by atoms with Crippen LogP contribution < -0.4 is 5.32 Å². The highest BCUT2D eigenvalue weighted by Gasteiger charge is 2.40. The number of hydrogen-bond donors (Lipinski definition) is 1. The molecular weight excluding hydrogens is 402 g/mol. The molecule has 1 heterocycles. The standard InChI is InChI=1S/C27H33NO2S/c1-4-27(15-10-17-28-20(3)21-11-6-5-7-12-21)16-18-31-26-19(2)24(29)22-13-8-9-14-23(22)25(26)30-27/h5-9,11-14,19-20,28H,4,10,15-18H2,1-3H3. The number of benzene rings is 2. The van der Waals surface area contributed by atoms with Crippen LogP contribution >= 0.6 is 11.8 Å². The van der Waals surface area contributed by atoms with Crippen LogP contribution in [0.15, 0.2) is 59.5 Å². The zero-order chi connectivity index (χ0) is 21.8. The number of Topliss-reactive ketones (excluding diaryl/α,β-unsaturated/α-hetero) is 1. The highest BCUT2D eigenvalue weighted by atomic mass is 32.2. The summed E-state index contributed by atoms with van der Waals surface area (Å²) in [5, 5.41) is 3.66. The first-order valence-electron chi connectivity index (χ1n) is 11.5. The maximum Gasteiger partial charge on any atom is 0.171 e. The van der Waals surface area contributed by atoms with Gasteiger partial charge in [0.1, 0.15) is 11.4 Å². The van der Waals surface area contributed by atoms with Gasteiger partial charge in [-0.3, -0.25) is 4.79 Å². The van der Waals surface area contributed by atoms with E-state index in [0.717, 1.165) is 59.8 Å². The van der Waals surface area contributed by atoms with Gasteiger partial charge in [-0.25, -0.2) is 0 Å². The molecule has 3 nitrogen and oxygen atoms in total. The van der Waals surface area contributed by atoms with Crippen molar-refractivity contribution < 1.29 is 9.53 Å². The van der Waals surface area contributed by atoms with Gasteiger partial charge in [-0.05, 0) is 44.7 Å². The van der Waals surface area contributed by atoms with Gasteiger partial charge in [-0.15, -0.1) is 11.8 Å². The van der Waals surface area contributed by atoms with Crippen molar-refractivity contribution in [2.45, 2.75) is 58.1 Å². The lowest BCUT2D eigenvalue weighted by atomic mass is 9.86. The number of nitrogens with one attached hydrogen (secondary N) is 1. The molecule has 0 amide bonds. The summed E-state index contributed by atoms with van der Waals surface area (Å²) >= 11 is 1.82. The van der Waals surface area contributed by atoms with Gasteiger partial charge >= 0.3 is 0 Å². The molecule has 2 aromatic rings. The Morgan fingerprint density at radius 3 is 2.58 bits per heavy atom. The molecule has 1 aliphatic heterocycles. The van der Waals surface area contributed by atoms with Gasteiger partial charge in [-0.1, -0.05) is 68.4 Å². The number of hydrogen-bond acceptors (Lipinski definition) is 4. The summed E-state index contributed by atoms with van der Waals surface area (Å²) in [6.07, 6.45) is 4.07. The monoisotopic (exact) mass is 435 g/mol. The molecule has 0 radical (unpaired) electrons. The Morgan fingerprint density at radius 2 is 1.84 bits per heavy atom. The molecule has 164 valence electrons. The minimum atomic E-state index is -0.172. The number of rotatable bonds is 7. The van der Waals surface area contributed by atoms with Crippen LogP contribution in [0.2, 0.25) is 0 Å². The van der Waals surface area contributed by atoms with E-state index in [2.05, 4.69) is 49.5 Å². The Balaban J connectivity index is 1.47. The molecule has 1 aliphatic carbocycles. The van der Waals surface area contributed by atoms with Gasteiger partial charge < -0.3 is 10.1 Å². The molecule has 3 atom stereocenters. The third-order valence-corrected chi connectivity index (χ3v) is 8.04. The largest absolute Gasteiger partial charge is 0.486 e. The molecule has 0 saturated carbocycles. The molecule has 3 unspecified atom stereocenters. The van der Waals surface area contributed by atoms with Crippen LogP contribution in [0.4, 0.5) is 0 Å². The molecule has 2 aromatic carbocycles. The van der Waals surface area contributed by atoms with Crippen molar-refractivity contribution in [2.75, 3.05) is 12.3 Å². The van der Waals surface area contributed by atoms with E-state index in [4.69, 9.17) is 4.74 Å². The molecule has 4 heteroatoms. The molecule has 1 N–H and O–H groups in total. The summed E-state index contributed by atoms with van der Waals surface area (Å²) in [6.45, 7) is 7.45. The van der Waals surface area contributed by atoms with Crippen LogP contribution in [0.1, 0.15) is 74.0 Å². The zero-order valence-electron chi connectivity index (χ0n) is 18.8. The van der Waals surface area contributed by atoms with Gasteiger partial charge in [0.2, 0.25) is 0 Å². The normalized spacial score (nSPS) is 24.1. The summed E-state index contributed by atoms with van der Waals surface area (Å²) in [4.78, 5) is 14.0. The van der Waals surface area contributed by atoms with Gasteiger partial charge in [0.25, 0.3) is 0 Å². The molecule has 0 bridgehead atoms. The van der Waals surface area contributed by atoms with E-state index in [1.54, 1.807) is 0 Å². The van der Waals surface area contributed by atoms with E-state index in [9.17, 15) is 4.79 Å². The topological polar surface area (TPSA) is 38.3 Å². The predicted molar refractivity (Wildman–Crippen MR) is 130 cm³/mol. The maximum absolute atomic E-state index is 12.9. The van der Waals surface area contributed by atoms with E-state index in [1.165, 1.54) is 5.56 Å². The molecule has 0 saturated heterocycles. The first-order chi connectivity index (χ1) is 15.0. The van der Waals surface area contributed by atoms with Crippen molar-refractivity contribution in [1.82, 2.24) is 5.32 Å². The Labute approximate surface area is 190 Å². The Bertz CT molecular complexity index is 955. The molecule has 0 spiro atoms. The molecule has 4 rings (SSSR count). The van der Waals surface area contributed by atoms with Crippen molar-refractivity contribution in [1.29, 1.82) is 0 Å². The first-order valence-corrected chi connectivity index (χ1v) is 12.5. The van der Waals surface area contributed by atoms with Gasteiger partial charge in [0, 0.05) is 27.8 Å². The zero-order valence-corrected chi connectivity index (χ0v) is 19.6. The molecule has 31 heavy (non-hydrogen) atoms. The SMILES string of the molecule is CCC1(CCCNC(C)c2ccccc2)CCSC2=C(O1)c1ccccc1C(=O)C2C. The second-order valence-corrected chi connectivity index (χ2v) is 9.89. The minimum Gasteiger partial charge on any atom is -0.486 e. The van der Waals surface area contributed by atoms with E-state index in [-0.39, 0.29) is 17.3 Å². The Kier molecular flexibility index (Phi) is 6.88. The first kappa shape index (κ1) is 22.2. The summed E-state index contributed by atoms with van der Waals surface area (Å²) < 4.78 is 6.87. The quantitative estimate of drug-likeness (QED) is 0.496. The van der Waals surface area contributed by atoms with Crippen LogP contribution in [-0.4, -0.2) is 23.7 Å². The fourth-order valence-corrected chi connectivity index (χ4v) is 6.01. The van der Waals surface area contributed by atoms with Crippen molar-refractivity contribution in [3.8, 4) is 0 Å².